The fraction of sp³-hybridized carbons (Fsp3) is 0.250. The molecule has 0 bridgehead atoms. The molecule has 0 aliphatic heterocycles. The number of hydrogen-bond acceptors (Lipinski definition) is 4. The molecule has 19 heavy (non-hydrogen) atoms. The van der Waals surface area contributed by atoms with E-state index in [1.54, 1.807) is 12.1 Å². The molecule has 0 saturated heterocycles. The Morgan fingerprint density at radius 2 is 2.11 bits per heavy atom. The monoisotopic (exact) mass is 316 g/mol. The highest BCUT2D eigenvalue weighted by atomic mass is 35.5. The first kappa shape index (κ1) is 14.5. The smallest absolute Gasteiger partial charge is 0.241 e. The molecule has 1 aromatic heterocycles. The number of rotatable bonds is 4. The van der Waals surface area contributed by atoms with E-state index in [1.807, 2.05) is 13.8 Å². The number of thiazole rings is 1. The zero-order chi connectivity index (χ0) is 14.0. The van der Waals surface area contributed by atoms with Gasteiger partial charge in [0.05, 0.1) is 17.1 Å². The van der Waals surface area contributed by atoms with E-state index in [9.17, 15) is 8.42 Å². The first-order chi connectivity index (χ1) is 8.88. The normalized spacial score (nSPS) is 11.7. The van der Waals surface area contributed by atoms with Crippen molar-refractivity contribution in [1.29, 1.82) is 0 Å². The summed E-state index contributed by atoms with van der Waals surface area (Å²) in [7, 11) is -3.55. The van der Waals surface area contributed by atoms with Gasteiger partial charge < -0.3 is 0 Å². The maximum absolute atomic E-state index is 12.1. The molecule has 0 atom stereocenters. The number of nitrogens with zero attached hydrogens (tertiary/aromatic N) is 1. The van der Waals surface area contributed by atoms with Crippen LogP contribution in [0.3, 0.4) is 0 Å². The Labute approximate surface area is 121 Å². The molecule has 0 unspecified atom stereocenters. The van der Waals surface area contributed by atoms with Crippen LogP contribution in [0.5, 0.6) is 0 Å². The molecular weight excluding hydrogens is 304 g/mol. The van der Waals surface area contributed by atoms with E-state index in [1.165, 1.54) is 23.5 Å². The van der Waals surface area contributed by atoms with Gasteiger partial charge in [0.15, 0.2) is 0 Å². The lowest BCUT2D eigenvalue weighted by molar-refractivity contribution is 0.581. The van der Waals surface area contributed by atoms with Gasteiger partial charge in [0, 0.05) is 9.90 Å². The van der Waals surface area contributed by atoms with Crippen LogP contribution in [0.4, 0.5) is 0 Å². The molecule has 2 aromatic rings. The predicted molar refractivity (Wildman–Crippen MR) is 77.1 cm³/mol. The van der Waals surface area contributed by atoms with Crippen LogP contribution in [-0.2, 0) is 16.6 Å². The summed E-state index contributed by atoms with van der Waals surface area (Å²) in [5.41, 5.74) is 0.932. The Morgan fingerprint density at radius 3 is 2.68 bits per heavy atom. The third kappa shape index (κ3) is 3.54. The summed E-state index contributed by atoms with van der Waals surface area (Å²) < 4.78 is 26.6. The van der Waals surface area contributed by atoms with Crippen molar-refractivity contribution in [3.63, 3.8) is 0 Å². The van der Waals surface area contributed by atoms with Crippen molar-refractivity contribution in [1.82, 2.24) is 9.71 Å². The Balaban J connectivity index is 2.14. The minimum atomic E-state index is -3.55. The topological polar surface area (TPSA) is 59.1 Å². The van der Waals surface area contributed by atoms with Gasteiger partial charge in [-0.3, -0.25) is 0 Å². The van der Waals surface area contributed by atoms with Crippen molar-refractivity contribution >= 4 is 33.0 Å². The van der Waals surface area contributed by atoms with Gasteiger partial charge in [-0.1, -0.05) is 17.7 Å². The summed E-state index contributed by atoms with van der Waals surface area (Å²) >= 11 is 7.28. The van der Waals surface area contributed by atoms with Crippen LogP contribution in [0.1, 0.15) is 15.6 Å². The quantitative estimate of drug-likeness (QED) is 0.943. The number of benzene rings is 1. The van der Waals surface area contributed by atoms with Gasteiger partial charge >= 0.3 is 0 Å². The first-order valence-electron chi connectivity index (χ1n) is 5.56. The van der Waals surface area contributed by atoms with Crippen molar-refractivity contribution < 1.29 is 8.42 Å². The van der Waals surface area contributed by atoms with Gasteiger partial charge in [-0.15, -0.1) is 11.3 Å². The fourth-order valence-corrected chi connectivity index (χ4v) is 3.74. The van der Waals surface area contributed by atoms with Crippen LogP contribution in [0, 0.1) is 13.8 Å². The van der Waals surface area contributed by atoms with Crippen LogP contribution >= 0.6 is 22.9 Å². The largest absolute Gasteiger partial charge is 0.245 e. The number of aromatic nitrogens is 1. The summed E-state index contributed by atoms with van der Waals surface area (Å²) in [5.74, 6) is 0. The predicted octanol–water partition coefficient (Wildman–Crippen LogP) is 2.89. The van der Waals surface area contributed by atoms with Crippen LogP contribution in [0.2, 0.25) is 5.02 Å². The third-order valence-corrected chi connectivity index (χ3v) is 5.30. The number of nitrogens with one attached hydrogen (secondary N) is 1. The van der Waals surface area contributed by atoms with Gasteiger partial charge in [-0.25, -0.2) is 18.1 Å². The van der Waals surface area contributed by atoms with Crippen LogP contribution in [0.25, 0.3) is 0 Å². The van der Waals surface area contributed by atoms with E-state index in [-0.39, 0.29) is 11.4 Å². The molecule has 0 aliphatic rings. The average Bonchev–Trinajstić information content (AvgIpc) is 2.67. The lowest BCUT2D eigenvalue weighted by atomic mass is 10.4. The number of halogens is 1. The molecule has 7 heteroatoms. The molecular formula is C12H13ClN2O2S2. The summed E-state index contributed by atoms with van der Waals surface area (Å²) in [6.45, 7) is 4.05. The standard InChI is InChI=1S/C12H13ClN2O2S2/c1-8-9(2)18-12(15-8)7-14-19(16,17)11-5-3-4-10(13)6-11/h3-6,14H,7H2,1-2H3. The van der Waals surface area contributed by atoms with Crippen LogP contribution in [-0.4, -0.2) is 13.4 Å². The molecule has 0 fully saturated rings. The summed E-state index contributed by atoms with van der Waals surface area (Å²) in [4.78, 5) is 5.54. The molecule has 1 N–H and O–H groups in total. The van der Waals surface area contributed by atoms with E-state index in [4.69, 9.17) is 11.6 Å². The Kier molecular flexibility index (Phi) is 4.25. The number of aryl methyl sites for hydroxylation is 2. The lowest BCUT2D eigenvalue weighted by Crippen LogP contribution is -2.23. The van der Waals surface area contributed by atoms with Crippen LogP contribution in [0.15, 0.2) is 29.2 Å². The lowest BCUT2D eigenvalue weighted by Gasteiger charge is -2.05. The summed E-state index contributed by atoms with van der Waals surface area (Å²) in [5, 5.41) is 1.14. The van der Waals surface area contributed by atoms with Crippen molar-refractivity contribution in [3.05, 3.63) is 44.9 Å². The van der Waals surface area contributed by atoms with Crippen molar-refractivity contribution in [2.75, 3.05) is 0 Å². The summed E-state index contributed by atoms with van der Waals surface area (Å²) in [6.07, 6.45) is 0. The number of sulfonamides is 1. The molecule has 0 saturated carbocycles. The molecule has 1 heterocycles. The van der Waals surface area contributed by atoms with E-state index in [2.05, 4.69) is 9.71 Å². The molecule has 2 rings (SSSR count). The zero-order valence-corrected chi connectivity index (χ0v) is 12.9. The Bertz CT molecular complexity index is 676. The van der Waals surface area contributed by atoms with Gasteiger partial charge in [0.25, 0.3) is 0 Å². The SMILES string of the molecule is Cc1nc(CNS(=O)(=O)c2cccc(Cl)c2)sc1C. The second-order valence-corrected chi connectivity index (χ2v) is 7.52. The molecule has 0 aliphatic carbocycles. The molecule has 0 spiro atoms. The zero-order valence-electron chi connectivity index (χ0n) is 10.5. The van der Waals surface area contributed by atoms with Crippen molar-refractivity contribution in [2.45, 2.75) is 25.3 Å². The third-order valence-electron chi connectivity index (χ3n) is 2.59. The maximum atomic E-state index is 12.1. The van der Waals surface area contributed by atoms with Crippen LogP contribution < -0.4 is 4.72 Å². The summed E-state index contributed by atoms with van der Waals surface area (Å²) in [6, 6.07) is 6.16. The van der Waals surface area contributed by atoms with Crippen molar-refractivity contribution in [2.24, 2.45) is 0 Å². The van der Waals surface area contributed by atoms with Gasteiger partial charge in [-0.05, 0) is 32.0 Å². The fourth-order valence-electron chi connectivity index (χ4n) is 1.49. The molecule has 4 nitrogen and oxygen atoms in total. The van der Waals surface area contributed by atoms with Gasteiger partial charge in [0.1, 0.15) is 5.01 Å². The highest BCUT2D eigenvalue weighted by molar-refractivity contribution is 7.89. The van der Waals surface area contributed by atoms with Crippen molar-refractivity contribution in [3.8, 4) is 0 Å². The Morgan fingerprint density at radius 1 is 1.37 bits per heavy atom. The maximum Gasteiger partial charge on any atom is 0.241 e. The minimum absolute atomic E-state index is 0.157. The van der Waals surface area contributed by atoms with E-state index in [0.717, 1.165) is 15.6 Å². The second kappa shape index (κ2) is 5.58. The molecule has 1 aromatic carbocycles. The van der Waals surface area contributed by atoms with Gasteiger partial charge in [0.2, 0.25) is 10.0 Å². The first-order valence-corrected chi connectivity index (χ1v) is 8.24. The molecule has 0 radical (unpaired) electrons. The highest BCUT2D eigenvalue weighted by Crippen LogP contribution is 2.18. The molecule has 0 amide bonds. The highest BCUT2D eigenvalue weighted by Gasteiger charge is 2.15. The van der Waals surface area contributed by atoms with E-state index >= 15 is 0 Å². The second-order valence-electron chi connectivity index (χ2n) is 4.03. The number of hydrogen-bond donors (Lipinski definition) is 1. The van der Waals surface area contributed by atoms with E-state index < -0.39 is 10.0 Å². The van der Waals surface area contributed by atoms with Gasteiger partial charge in [-0.2, -0.15) is 0 Å². The van der Waals surface area contributed by atoms with E-state index in [0.29, 0.717) is 5.02 Å². The minimum Gasteiger partial charge on any atom is -0.245 e. The Hall–Kier alpha value is -0.950. The average molecular weight is 317 g/mol. The molecule has 102 valence electrons.